The Bertz CT molecular complexity index is 914. The number of rotatable bonds is 4. The lowest BCUT2D eigenvalue weighted by molar-refractivity contribution is -0.130. The minimum atomic E-state index is -1.13. The number of aliphatic carboxylic acids is 1. The Hall–Kier alpha value is -2.80. The molecule has 0 bridgehead atoms. The lowest BCUT2D eigenvalue weighted by Gasteiger charge is -2.31. The number of carboxylic acids is 2. The first kappa shape index (κ1) is 28.4. The van der Waals surface area contributed by atoms with Crippen molar-refractivity contribution in [2.24, 2.45) is 17.6 Å². The Morgan fingerprint density at radius 3 is 1.91 bits per heavy atom. The van der Waals surface area contributed by atoms with E-state index in [9.17, 15) is 24.6 Å². The molecule has 0 aliphatic heterocycles. The number of aldehydes is 1. The molecule has 0 amide bonds. The maximum absolute atomic E-state index is 11.8. The van der Waals surface area contributed by atoms with Crippen LogP contribution in [0.5, 0.6) is 0 Å². The third-order valence-electron chi connectivity index (χ3n) is 7.64. The summed E-state index contributed by atoms with van der Waals surface area (Å²) >= 11 is 0. The number of nitrogens with two attached hydrogens (primary N) is 1. The second-order valence-corrected chi connectivity index (χ2v) is 10.2. The number of carbonyl (C=O) groups excluding carboxylic acids is 2. The van der Waals surface area contributed by atoms with E-state index in [1.54, 1.807) is 12.1 Å². The molecule has 0 spiro atoms. The molecule has 35 heavy (non-hydrogen) atoms. The summed E-state index contributed by atoms with van der Waals surface area (Å²) in [6, 6.07) is 3.81. The molecule has 7 nitrogen and oxygen atoms in total. The van der Waals surface area contributed by atoms with Gasteiger partial charge in [-0.25, -0.2) is 9.59 Å². The second kappa shape index (κ2) is 13.3. The molecule has 3 aliphatic carbocycles. The lowest BCUT2D eigenvalue weighted by Crippen LogP contribution is -2.25. The smallest absolute Gasteiger partial charge is 0.336 e. The molecule has 2 saturated carbocycles. The van der Waals surface area contributed by atoms with Crippen LogP contribution in [0, 0.1) is 11.8 Å². The zero-order chi connectivity index (χ0) is 26.1. The molecule has 0 radical (unpaired) electrons. The number of hydrogen-bond donors (Lipinski definition) is 3. The van der Waals surface area contributed by atoms with Crippen LogP contribution in [-0.2, 0) is 14.4 Å². The summed E-state index contributed by atoms with van der Waals surface area (Å²) in [5.41, 5.74) is 7.58. The fourth-order valence-corrected chi connectivity index (χ4v) is 5.49. The Morgan fingerprint density at radius 1 is 0.914 bits per heavy atom. The van der Waals surface area contributed by atoms with Crippen LogP contribution in [0.3, 0.4) is 0 Å². The van der Waals surface area contributed by atoms with Gasteiger partial charge in [0, 0.05) is 12.0 Å². The maximum Gasteiger partial charge on any atom is 0.336 e. The summed E-state index contributed by atoms with van der Waals surface area (Å²) in [5.74, 6) is -0.998. The molecular formula is C28H39NO6. The van der Waals surface area contributed by atoms with Gasteiger partial charge in [0.15, 0.2) is 0 Å². The number of carbonyl (C=O) groups is 4. The van der Waals surface area contributed by atoms with Gasteiger partial charge in [0.25, 0.3) is 0 Å². The van der Waals surface area contributed by atoms with Crippen LogP contribution < -0.4 is 5.73 Å². The minimum Gasteiger partial charge on any atom is -0.478 e. The molecule has 1 aromatic carbocycles. The number of benzene rings is 1. The van der Waals surface area contributed by atoms with E-state index in [-0.39, 0.29) is 23.5 Å². The first-order valence-electron chi connectivity index (χ1n) is 12.6. The molecule has 0 saturated heterocycles. The molecule has 0 aromatic heterocycles. The standard InChI is InChI=1S/C20H22O5.C7H15N.CH2O/c1-11-2-4-12(5-3-11)14-8-9-15(19(22)23)17-13(10-21)6-7-16(18(14)17)20(24)25;1-6-2-4-7(8)5-3-6;1-2/h7-13H,2-6H2,1H3,(H,22,23)(H,24,25);6-7H,2-5,8H2,1H3;1H2. The molecule has 1 unspecified atom stereocenters. The van der Waals surface area contributed by atoms with E-state index in [1.165, 1.54) is 31.7 Å². The van der Waals surface area contributed by atoms with Crippen molar-refractivity contribution < 1.29 is 29.4 Å². The summed E-state index contributed by atoms with van der Waals surface area (Å²) in [5, 5.41) is 19.2. The van der Waals surface area contributed by atoms with Crippen LogP contribution in [0.4, 0.5) is 0 Å². The van der Waals surface area contributed by atoms with Gasteiger partial charge in [-0.3, -0.25) is 0 Å². The average molecular weight is 486 g/mol. The fraction of sp³-hybridized carbons (Fsp3) is 0.571. The molecule has 3 aliphatic rings. The quantitative estimate of drug-likeness (QED) is 0.501. The van der Waals surface area contributed by atoms with Crippen LogP contribution in [0.2, 0.25) is 0 Å². The van der Waals surface area contributed by atoms with Gasteiger partial charge in [-0.1, -0.05) is 38.8 Å². The third kappa shape index (κ3) is 7.10. The summed E-state index contributed by atoms with van der Waals surface area (Å²) in [7, 11) is 0. The molecular weight excluding hydrogens is 446 g/mol. The van der Waals surface area contributed by atoms with Crippen molar-refractivity contribution in [2.45, 2.75) is 89.5 Å². The van der Waals surface area contributed by atoms with Crippen molar-refractivity contribution in [3.63, 3.8) is 0 Å². The Balaban J connectivity index is 0.000000363. The van der Waals surface area contributed by atoms with Crippen molar-refractivity contribution >= 4 is 30.6 Å². The summed E-state index contributed by atoms with van der Waals surface area (Å²) in [6.45, 7) is 6.52. The topological polar surface area (TPSA) is 135 Å². The fourth-order valence-electron chi connectivity index (χ4n) is 5.49. The first-order chi connectivity index (χ1) is 16.7. The Kier molecular flexibility index (Phi) is 10.8. The predicted octanol–water partition coefficient (Wildman–Crippen LogP) is 5.17. The maximum atomic E-state index is 11.8. The number of allylic oxidation sites excluding steroid dienone is 1. The predicted molar refractivity (Wildman–Crippen MR) is 136 cm³/mol. The van der Waals surface area contributed by atoms with E-state index in [2.05, 4.69) is 13.8 Å². The van der Waals surface area contributed by atoms with Crippen molar-refractivity contribution in [1.82, 2.24) is 0 Å². The van der Waals surface area contributed by atoms with Crippen LogP contribution in [0.1, 0.15) is 111 Å². The summed E-state index contributed by atoms with van der Waals surface area (Å²) in [6.07, 6.45) is 11.8. The SMILES string of the molecule is C=O.CC1CCC(N)CC1.CC1CCC(c2ccc(C(=O)O)c3c2C(C(=O)O)=CCC3C=O)CC1. The third-order valence-corrected chi connectivity index (χ3v) is 7.64. The average Bonchev–Trinajstić information content (AvgIpc) is 2.86. The van der Waals surface area contributed by atoms with Crippen molar-refractivity contribution in [3.8, 4) is 0 Å². The van der Waals surface area contributed by atoms with E-state index < -0.39 is 17.9 Å². The highest BCUT2D eigenvalue weighted by molar-refractivity contribution is 6.18. The second-order valence-electron chi connectivity index (χ2n) is 10.2. The Labute approximate surface area is 207 Å². The molecule has 2 fully saturated rings. The van der Waals surface area contributed by atoms with Crippen LogP contribution in [-0.4, -0.2) is 41.3 Å². The number of carboxylic acid groups (broad SMARTS) is 2. The highest BCUT2D eigenvalue weighted by atomic mass is 16.4. The monoisotopic (exact) mass is 485 g/mol. The highest BCUT2D eigenvalue weighted by Crippen LogP contribution is 2.44. The molecule has 1 atom stereocenters. The van der Waals surface area contributed by atoms with Gasteiger partial charge in [0.05, 0.1) is 11.1 Å². The van der Waals surface area contributed by atoms with Gasteiger partial charge < -0.3 is 25.5 Å². The molecule has 1 aromatic rings. The molecule has 4 N–H and O–H groups in total. The minimum absolute atomic E-state index is 0.0341. The van der Waals surface area contributed by atoms with Gasteiger partial charge >= 0.3 is 11.9 Å². The van der Waals surface area contributed by atoms with Crippen LogP contribution >= 0.6 is 0 Å². The first-order valence-corrected chi connectivity index (χ1v) is 12.6. The molecule has 4 rings (SSSR count). The van der Waals surface area contributed by atoms with Gasteiger partial charge in [-0.15, -0.1) is 0 Å². The molecule has 7 heteroatoms. The van der Waals surface area contributed by atoms with Crippen molar-refractivity contribution in [2.75, 3.05) is 0 Å². The summed E-state index contributed by atoms with van der Waals surface area (Å²) < 4.78 is 0. The molecule has 0 heterocycles. The van der Waals surface area contributed by atoms with E-state index >= 15 is 0 Å². The lowest BCUT2D eigenvalue weighted by atomic mass is 9.72. The van der Waals surface area contributed by atoms with E-state index in [0.29, 0.717) is 23.1 Å². The van der Waals surface area contributed by atoms with Gasteiger partial charge in [-0.05, 0) is 85.5 Å². The van der Waals surface area contributed by atoms with E-state index in [4.69, 9.17) is 10.5 Å². The normalized spacial score (nSPS) is 27.5. The van der Waals surface area contributed by atoms with E-state index in [0.717, 1.165) is 43.5 Å². The zero-order valence-corrected chi connectivity index (χ0v) is 20.9. The number of hydrogen-bond acceptors (Lipinski definition) is 5. The van der Waals surface area contributed by atoms with Gasteiger partial charge in [0.1, 0.15) is 13.1 Å². The van der Waals surface area contributed by atoms with Gasteiger partial charge in [-0.2, -0.15) is 0 Å². The number of aromatic carboxylic acids is 1. The Morgan fingerprint density at radius 2 is 1.46 bits per heavy atom. The van der Waals surface area contributed by atoms with E-state index in [1.807, 2.05) is 6.79 Å². The largest absolute Gasteiger partial charge is 0.478 e. The molecule has 192 valence electrons. The zero-order valence-electron chi connectivity index (χ0n) is 20.9. The van der Waals surface area contributed by atoms with Crippen LogP contribution in [0.25, 0.3) is 5.57 Å². The summed E-state index contributed by atoms with van der Waals surface area (Å²) in [4.78, 5) is 43.0. The highest BCUT2D eigenvalue weighted by Gasteiger charge is 2.34. The van der Waals surface area contributed by atoms with Crippen molar-refractivity contribution in [3.05, 3.63) is 40.5 Å². The number of fused-ring (bicyclic) bond motifs is 1. The van der Waals surface area contributed by atoms with Crippen LogP contribution in [0.15, 0.2) is 18.2 Å². The van der Waals surface area contributed by atoms with Crippen molar-refractivity contribution in [1.29, 1.82) is 0 Å². The van der Waals surface area contributed by atoms with Gasteiger partial charge in [0.2, 0.25) is 0 Å².